The van der Waals surface area contributed by atoms with E-state index in [4.69, 9.17) is 24.5 Å². The lowest BCUT2D eigenvalue weighted by Gasteiger charge is -2.12. The van der Waals surface area contributed by atoms with Crippen LogP contribution in [-0.4, -0.2) is 31.5 Å². The van der Waals surface area contributed by atoms with Gasteiger partial charge in [0.05, 0.1) is 21.3 Å². The summed E-state index contributed by atoms with van der Waals surface area (Å²) in [5.74, 6) is 2.58. The lowest BCUT2D eigenvalue weighted by Crippen LogP contribution is -1.97. The highest BCUT2D eigenvalue weighted by Crippen LogP contribution is 2.40. The highest BCUT2D eigenvalue weighted by molar-refractivity contribution is 5.66. The van der Waals surface area contributed by atoms with Crippen molar-refractivity contribution in [2.24, 2.45) is 0 Å². The second kappa shape index (κ2) is 7.77. The van der Waals surface area contributed by atoms with Gasteiger partial charge in [-0.3, -0.25) is 0 Å². The molecule has 0 saturated heterocycles. The van der Waals surface area contributed by atoms with Crippen molar-refractivity contribution < 1.29 is 18.7 Å². The first-order chi connectivity index (χ1) is 12.7. The second-order valence-corrected chi connectivity index (χ2v) is 5.62. The van der Waals surface area contributed by atoms with Crippen molar-refractivity contribution in [1.82, 2.24) is 10.1 Å². The first-order valence-electron chi connectivity index (χ1n) is 8.12. The third-order valence-electron chi connectivity index (χ3n) is 4.05. The third kappa shape index (κ3) is 3.56. The molecule has 0 aliphatic heterocycles. The Balaban J connectivity index is 1.82. The number of ether oxygens (including phenoxy) is 3. The van der Waals surface area contributed by atoms with Crippen molar-refractivity contribution in [2.75, 3.05) is 27.1 Å². The first-order valence-corrected chi connectivity index (χ1v) is 8.12. The number of nitrogen functional groups attached to an aromatic ring is 1. The first kappa shape index (κ1) is 17.6. The quantitative estimate of drug-likeness (QED) is 0.651. The molecule has 0 aliphatic carbocycles. The van der Waals surface area contributed by atoms with Gasteiger partial charge < -0.3 is 24.5 Å². The van der Waals surface area contributed by atoms with Crippen LogP contribution in [0.1, 0.15) is 11.5 Å². The van der Waals surface area contributed by atoms with Gasteiger partial charge in [0.25, 0.3) is 0 Å². The van der Waals surface area contributed by atoms with Crippen LogP contribution in [0.3, 0.4) is 0 Å². The summed E-state index contributed by atoms with van der Waals surface area (Å²) in [4.78, 5) is 4.46. The summed E-state index contributed by atoms with van der Waals surface area (Å²) in [5, 5.41) is 4.06. The predicted octanol–water partition coefficient (Wildman–Crippen LogP) is 3.13. The van der Waals surface area contributed by atoms with E-state index in [1.165, 1.54) is 0 Å². The van der Waals surface area contributed by atoms with E-state index >= 15 is 0 Å². The molecule has 3 rings (SSSR count). The molecule has 0 radical (unpaired) electrons. The Morgan fingerprint density at radius 2 is 1.65 bits per heavy atom. The number of anilines is 1. The lowest BCUT2D eigenvalue weighted by molar-refractivity contribution is 0.324. The van der Waals surface area contributed by atoms with Crippen molar-refractivity contribution in [1.29, 1.82) is 0 Å². The summed E-state index contributed by atoms with van der Waals surface area (Å²) in [6, 6.07) is 11.3. The minimum atomic E-state index is 0.459. The maximum atomic E-state index is 5.97. The monoisotopic (exact) mass is 355 g/mol. The average molecular weight is 355 g/mol. The highest BCUT2D eigenvalue weighted by Gasteiger charge is 2.17. The Labute approximate surface area is 151 Å². The lowest BCUT2D eigenvalue weighted by atomic mass is 10.1. The molecule has 2 N–H and O–H groups in total. The zero-order valence-electron chi connectivity index (χ0n) is 15.0. The summed E-state index contributed by atoms with van der Waals surface area (Å²) in [6.45, 7) is 0. The summed E-state index contributed by atoms with van der Waals surface area (Å²) in [5.41, 5.74) is 8.50. The van der Waals surface area contributed by atoms with E-state index in [1.54, 1.807) is 33.5 Å². The Kier molecular flexibility index (Phi) is 5.26. The Morgan fingerprint density at radius 3 is 2.27 bits per heavy atom. The molecule has 3 aromatic rings. The summed E-state index contributed by atoms with van der Waals surface area (Å²) < 4.78 is 21.4. The van der Waals surface area contributed by atoms with E-state index in [2.05, 4.69) is 10.1 Å². The molecule has 0 fully saturated rings. The molecule has 0 aliphatic rings. The van der Waals surface area contributed by atoms with Crippen molar-refractivity contribution in [2.45, 2.75) is 12.8 Å². The van der Waals surface area contributed by atoms with E-state index in [1.807, 2.05) is 24.3 Å². The molecular formula is C19H21N3O4. The maximum Gasteiger partial charge on any atom is 0.227 e. The number of nitrogens with two attached hydrogens (primary N) is 1. The van der Waals surface area contributed by atoms with Gasteiger partial charge in [0.1, 0.15) is 0 Å². The van der Waals surface area contributed by atoms with Crippen LogP contribution in [0.15, 0.2) is 40.9 Å². The van der Waals surface area contributed by atoms with Crippen LogP contribution >= 0.6 is 0 Å². The molecule has 1 aromatic heterocycles. The van der Waals surface area contributed by atoms with E-state index in [0.29, 0.717) is 40.9 Å². The van der Waals surface area contributed by atoms with Crippen LogP contribution < -0.4 is 19.9 Å². The van der Waals surface area contributed by atoms with Crippen LogP contribution in [0.25, 0.3) is 11.4 Å². The van der Waals surface area contributed by atoms with Gasteiger partial charge in [-0.1, -0.05) is 23.4 Å². The van der Waals surface area contributed by atoms with Crippen molar-refractivity contribution in [3.8, 4) is 28.6 Å². The Bertz CT molecular complexity index is 867. The summed E-state index contributed by atoms with van der Waals surface area (Å²) in [7, 11) is 4.68. The number of benzene rings is 2. The van der Waals surface area contributed by atoms with Gasteiger partial charge >= 0.3 is 0 Å². The topological polar surface area (TPSA) is 92.6 Å². The van der Waals surface area contributed by atoms with Gasteiger partial charge in [-0.2, -0.15) is 4.98 Å². The van der Waals surface area contributed by atoms with Crippen LogP contribution in [-0.2, 0) is 12.8 Å². The van der Waals surface area contributed by atoms with Gasteiger partial charge in [-0.15, -0.1) is 0 Å². The van der Waals surface area contributed by atoms with Crippen molar-refractivity contribution in [3.63, 3.8) is 0 Å². The number of hydrogen-bond acceptors (Lipinski definition) is 7. The van der Waals surface area contributed by atoms with Crippen molar-refractivity contribution >= 4 is 5.69 Å². The number of para-hydroxylation sites is 1. The van der Waals surface area contributed by atoms with Gasteiger partial charge in [0, 0.05) is 17.7 Å². The normalized spacial score (nSPS) is 10.6. The van der Waals surface area contributed by atoms with E-state index in [0.717, 1.165) is 17.7 Å². The van der Waals surface area contributed by atoms with Gasteiger partial charge in [0.15, 0.2) is 11.5 Å². The summed E-state index contributed by atoms with van der Waals surface area (Å²) in [6.07, 6.45) is 1.33. The molecule has 7 heteroatoms. The van der Waals surface area contributed by atoms with Crippen LogP contribution in [0.2, 0.25) is 0 Å². The zero-order chi connectivity index (χ0) is 18.5. The molecule has 0 saturated carbocycles. The maximum absolute atomic E-state index is 5.97. The number of aromatic nitrogens is 2. The van der Waals surface area contributed by atoms with Gasteiger partial charge in [0.2, 0.25) is 17.5 Å². The van der Waals surface area contributed by atoms with Crippen molar-refractivity contribution in [3.05, 3.63) is 47.9 Å². The SMILES string of the molecule is COc1cc(-c2noc(CCc3ccccc3N)n2)cc(OC)c1OC. The van der Waals surface area contributed by atoms with Gasteiger partial charge in [-0.25, -0.2) is 0 Å². The standard InChI is InChI=1S/C19H21N3O4/c1-23-15-10-13(11-16(24-2)18(15)25-3)19-21-17(26-22-19)9-8-12-6-4-5-7-14(12)20/h4-7,10-11H,8-9,20H2,1-3H3. The minimum Gasteiger partial charge on any atom is -0.493 e. The summed E-state index contributed by atoms with van der Waals surface area (Å²) >= 11 is 0. The zero-order valence-corrected chi connectivity index (χ0v) is 15.0. The van der Waals surface area contributed by atoms with Crippen LogP contribution in [0.4, 0.5) is 5.69 Å². The molecule has 1 heterocycles. The number of rotatable bonds is 7. The molecule has 26 heavy (non-hydrogen) atoms. The second-order valence-electron chi connectivity index (χ2n) is 5.62. The van der Waals surface area contributed by atoms with E-state index < -0.39 is 0 Å². The molecule has 2 aromatic carbocycles. The van der Waals surface area contributed by atoms with Gasteiger partial charge in [-0.05, 0) is 30.2 Å². The highest BCUT2D eigenvalue weighted by atomic mass is 16.5. The molecule has 0 spiro atoms. The van der Waals surface area contributed by atoms with Crippen LogP contribution in [0, 0.1) is 0 Å². The molecule has 0 unspecified atom stereocenters. The number of hydrogen-bond donors (Lipinski definition) is 1. The fourth-order valence-corrected chi connectivity index (χ4v) is 2.69. The smallest absolute Gasteiger partial charge is 0.227 e. The molecule has 0 amide bonds. The number of methoxy groups -OCH3 is 3. The Hall–Kier alpha value is -3.22. The molecule has 0 atom stereocenters. The predicted molar refractivity (Wildman–Crippen MR) is 97.7 cm³/mol. The Morgan fingerprint density at radius 1 is 0.962 bits per heavy atom. The molecular weight excluding hydrogens is 334 g/mol. The molecule has 0 bridgehead atoms. The number of nitrogens with zero attached hydrogens (tertiary/aromatic N) is 2. The number of aryl methyl sites for hydroxylation is 2. The van der Waals surface area contributed by atoms with E-state index in [-0.39, 0.29) is 0 Å². The average Bonchev–Trinajstić information content (AvgIpc) is 3.15. The fourth-order valence-electron chi connectivity index (χ4n) is 2.69. The largest absolute Gasteiger partial charge is 0.493 e. The third-order valence-corrected chi connectivity index (χ3v) is 4.05. The van der Waals surface area contributed by atoms with E-state index in [9.17, 15) is 0 Å². The molecule has 7 nitrogen and oxygen atoms in total. The minimum absolute atomic E-state index is 0.459. The fraction of sp³-hybridized carbons (Fsp3) is 0.263. The molecule has 136 valence electrons. The van der Waals surface area contributed by atoms with Crippen LogP contribution in [0.5, 0.6) is 17.2 Å².